The predicted octanol–water partition coefficient (Wildman–Crippen LogP) is 4.41. The van der Waals surface area contributed by atoms with Gasteiger partial charge in [0.05, 0.1) is 11.1 Å². The maximum Gasteiger partial charge on any atom is 0.260 e. The van der Waals surface area contributed by atoms with Gasteiger partial charge in [0.1, 0.15) is 4.83 Å². The summed E-state index contributed by atoms with van der Waals surface area (Å²) >= 11 is 2.64. The van der Waals surface area contributed by atoms with Crippen LogP contribution >= 0.6 is 23.1 Å². The standard InChI is InChI=1S/C24H21N3O4S2/c1-13-3-5-16(7-14(13)2)17-10-32-23-21(17)22(29)26-24(27-23)33-11-20(28)25-9-15-4-6-18-19(8-15)31-12-30-18/h3-8,10H,9,11-12H2,1-2H3,(H,25,28)(H,26,27,29). The summed E-state index contributed by atoms with van der Waals surface area (Å²) in [5, 5.41) is 5.85. The Morgan fingerprint density at radius 1 is 1.15 bits per heavy atom. The highest BCUT2D eigenvalue weighted by molar-refractivity contribution is 7.99. The van der Waals surface area contributed by atoms with Crippen LogP contribution in [0.5, 0.6) is 11.5 Å². The number of aromatic amines is 1. The summed E-state index contributed by atoms with van der Waals surface area (Å²) in [4.78, 5) is 33.2. The van der Waals surface area contributed by atoms with Crippen LogP contribution in [0.4, 0.5) is 0 Å². The fraction of sp³-hybridized carbons (Fsp3) is 0.208. The molecule has 0 atom stereocenters. The number of H-pyrrole nitrogens is 1. The predicted molar refractivity (Wildman–Crippen MR) is 130 cm³/mol. The van der Waals surface area contributed by atoms with Crippen LogP contribution in [-0.4, -0.2) is 28.4 Å². The number of hydrogen-bond acceptors (Lipinski definition) is 7. The number of aryl methyl sites for hydroxylation is 2. The second kappa shape index (κ2) is 8.92. The quantitative estimate of drug-likeness (QED) is 0.314. The largest absolute Gasteiger partial charge is 0.454 e. The lowest BCUT2D eigenvalue weighted by atomic mass is 10.0. The zero-order valence-corrected chi connectivity index (χ0v) is 19.7. The molecule has 2 N–H and O–H groups in total. The Kier molecular flexibility index (Phi) is 5.82. The van der Waals surface area contributed by atoms with Crippen LogP contribution in [0, 0.1) is 13.8 Å². The summed E-state index contributed by atoms with van der Waals surface area (Å²) in [5.74, 6) is 1.39. The fourth-order valence-corrected chi connectivity index (χ4v) is 5.25. The first-order valence-corrected chi connectivity index (χ1v) is 12.2. The minimum Gasteiger partial charge on any atom is -0.454 e. The number of fused-ring (bicyclic) bond motifs is 2. The number of thiophene rings is 1. The van der Waals surface area contributed by atoms with E-state index in [1.807, 2.05) is 29.6 Å². The maximum absolute atomic E-state index is 12.8. The third-order valence-corrected chi connectivity index (χ3v) is 7.25. The zero-order chi connectivity index (χ0) is 22.9. The Balaban J connectivity index is 1.25. The van der Waals surface area contributed by atoms with Crippen molar-refractivity contribution in [2.24, 2.45) is 0 Å². The van der Waals surface area contributed by atoms with Crippen molar-refractivity contribution in [2.75, 3.05) is 12.5 Å². The molecule has 33 heavy (non-hydrogen) atoms. The topological polar surface area (TPSA) is 93.3 Å². The number of benzene rings is 2. The molecule has 0 spiro atoms. The van der Waals surface area contributed by atoms with Crippen molar-refractivity contribution in [3.8, 4) is 22.6 Å². The maximum atomic E-state index is 12.8. The minimum absolute atomic E-state index is 0.147. The highest BCUT2D eigenvalue weighted by Gasteiger charge is 2.16. The molecule has 2 aromatic carbocycles. The Morgan fingerprint density at radius 2 is 2.00 bits per heavy atom. The van der Waals surface area contributed by atoms with Gasteiger partial charge in [-0.15, -0.1) is 11.3 Å². The lowest BCUT2D eigenvalue weighted by molar-refractivity contribution is -0.118. The molecule has 1 amide bonds. The molecule has 2 aromatic heterocycles. The number of nitrogens with zero attached hydrogens (tertiary/aromatic N) is 1. The van der Waals surface area contributed by atoms with E-state index in [0.717, 1.165) is 16.7 Å². The number of carbonyl (C=O) groups is 1. The molecule has 0 aliphatic carbocycles. The molecule has 5 rings (SSSR count). The average Bonchev–Trinajstić information content (AvgIpc) is 3.45. The van der Waals surface area contributed by atoms with E-state index in [9.17, 15) is 9.59 Å². The molecule has 3 heterocycles. The Morgan fingerprint density at radius 3 is 2.85 bits per heavy atom. The Labute approximate surface area is 198 Å². The van der Waals surface area contributed by atoms with Crippen LogP contribution in [0.2, 0.25) is 0 Å². The first-order valence-electron chi connectivity index (χ1n) is 10.3. The molecule has 0 bridgehead atoms. The molecule has 168 valence electrons. The third kappa shape index (κ3) is 4.46. The molecule has 0 radical (unpaired) electrons. The summed E-state index contributed by atoms with van der Waals surface area (Å²) in [6.07, 6.45) is 0. The average molecular weight is 480 g/mol. The zero-order valence-electron chi connectivity index (χ0n) is 18.1. The summed E-state index contributed by atoms with van der Waals surface area (Å²) < 4.78 is 10.7. The van der Waals surface area contributed by atoms with Crippen LogP contribution < -0.4 is 20.3 Å². The van der Waals surface area contributed by atoms with Crippen molar-refractivity contribution < 1.29 is 14.3 Å². The van der Waals surface area contributed by atoms with Gasteiger partial charge in [-0.2, -0.15) is 0 Å². The van der Waals surface area contributed by atoms with Crippen LogP contribution in [-0.2, 0) is 11.3 Å². The van der Waals surface area contributed by atoms with Gasteiger partial charge in [0.15, 0.2) is 16.7 Å². The van der Waals surface area contributed by atoms with Crippen molar-refractivity contribution in [1.82, 2.24) is 15.3 Å². The summed E-state index contributed by atoms with van der Waals surface area (Å²) in [6.45, 7) is 4.72. The van der Waals surface area contributed by atoms with E-state index >= 15 is 0 Å². The van der Waals surface area contributed by atoms with Crippen LogP contribution in [0.25, 0.3) is 21.3 Å². The number of thioether (sulfide) groups is 1. The second-order valence-corrected chi connectivity index (χ2v) is 9.57. The van der Waals surface area contributed by atoms with E-state index in [2.05, 4.69) is 41.3 Å². The lowest BCUT2D eigenvalue weighted by Gasteiger charge is -2.06. The number of aromatic nitrogens is 2. The molecule has 9 heteroatoms. The van der Waals surface area contributed by atoms with Crippen molar-refractivity contribution in [3.05, 3.63) is 68.8 Å². The molecule has 0 saturated heterocycles. The van der Waals surface area contributed by atoms with Gasteiger partial charge in [-0.1, -0.05) is 36.0 Å². The van der Waals surface area contributed by atoms with Gasteiger partial charge >= 0.3 is 0 Å². The highest BCUT2D eigenvalue weighted by Crippen LogP contribution is 2.33. The van der Waals surface area contributed by atoms with Gasteiger partial charge in [0, 0.05) is 17.5 Å². The van der Waals surface area contributed by atoms with Crippen molar-refractivity contribution in [1.29, 1.82) is 0 Å². The summed E-state index contributed by atoms with van der Waals surface area (Å²) in [5.41, 5.74) is 4.99. The molecule has 0 fully saturated rings. The number of rotatable bonds is 6. The summed E-state index contributed by atoms with van der Waals surface area (Å²) in [7, 11) is 0. The number of hydrogen-bond donors (Lipinski definition) is 2. The van der Waals surface area contributed by atoms with E-state index in [0.29, 0.717) is 33.4 Å². The molecule has 0 saturated carbocycles. The molecule has 4 aromatic rings. The van der Waals surface area contributed by atoms with E-state index < -0.39 is 0 Å². The van der Waals surface area contributed by atoms with Crippen LogP contribution in [0.1, 0.15) is 16.7 Å². The monoisotopic (exact) mass is 479 g/mol. The lowest BCUT2D eigenvalue weighted by Crippen LogP contribution is -2.24. The molecular weight excluding hydrogens is 458 g/mol. The number of nitrogens with one attached hydrogen (secondary N) is 2. The molecule has 1 aliphatic heterocycles. The summed E-state index contributed by atoms with van der Waals surface area (Å²) in [6, 6.07) is 11.7. The highest BCUT2D eigenvalue weighted by atomic mass is 32.2. The SMILES string of the molecule is Cc1ccc(-c2csc3nc(SCC(=O)NCc4ccc5c(c4)OCO5)[nH]c(=O)c23)cc1C. The van der Waals surface area contributed by atoms with Crippen molar-refractivity contribution in [3.63, 3.8) is 0 Å². The van der Waals surface area contributed by atoms with Gasteiger partial charge in [0.25, 0.3) is 5.56 Å². The number of ether oxygens (including phenoxy) is 2. The van der Waals surface area contributed by atoms with Crippen molar-refractivity contribution >= 4 is 39.2 Å². The second-order valence-electron chi connectivity index (χ2n) is 7.75. The van der Waals surface area contributed by atoms with Gasteiger partial charge in [-0.05, 0) is 48.2 Å². The van der Waals surface area contributed by atoms with E-state index in [1.54, 1.807) is 0 Å². The number of amides is 1. The first kappa shape index (κ1) is 21.5. The molecule has 7 nitrogen and oxygen atoms in total. The van der Waals surface area contributed by atoms with E-state index in [4.69, 9.17) is 9.47 Å². The van der Waals surface area contributed by atoms with E-state index in [-0.39, 0.29) is 24.0 Å². The Bertz CT molecular complexity index is 1430. The van der Waals surface area contributed by atoms with Gasteiger partial charge in [-0.25, -0.2) is 4.98 Å². The van der Waals surface area contributed by atoms with E-state index in [1.165, 1.54) is 34.2 Å². The minimum atomic E-state index is -0.197. The van der Waals surface area contributed by atoms with Crippen LogP contribution in [0.3, 0.4) is 0 Å². The third-order valence-electron chi connectivity index (χ3n) is 5.51. The van der Waals surface area contributed by atoms with Crippen molar-refractivity contribution in [2.45, 2.75) is 25.5 Å². The van der Waals surface area contributed by atoms with Crippen LogP contribution in [0.15, 0.2) is 51.7 Å². The Hall–Kier alpha value is -3.30. The normalized spacial score (nSPS) is 12.3. The van der Waals surface area contributed by atoms with Gasteiger partial charge in [0.2, 0.25) is 12.7 Å². The molecular formula is C24H21N3O4S2. The first-order chi connectivity index (χ1) is 16.0. The fourth-order valence-electron chi connectivity index (χ4n) is 3.56. The van der Waals surface area contributed by atoms with Gasteiger partial charge in [-0.3, -0.25) is 9.59 Å². The molecule has 0 unspecified atom stereocenters. The number of carbonyl (C=O) groups excluding carboxylic acids is 1. The smallest absolute Gasteiger partial charge is 0.260 e. The molecule has 1 aliphatic rings. The van der Waals surface area contributed by atoms with Gasteiger partial charge < -0.3 is 19.8 Å².